The lowest BCUT2D eigenvalue weighted by Gasteiger charge is -2.23. The first kappa shape index (κ1) is 12.1. The maximum Gasteiger partial charge on any atom is 0.0701 e. The number of likely N-dealkylation sites (N-methyl/N-ethyl adjacent to an activating group) is 1. The zero-order valence-electron chi connectivity index (χ0n) is 7.98. The Balaban J connectivity index is 2.51. The quantitative estimate of drug-likeness (QED) is 0.854. The predicted molar refractivity (Wildman–Crippen MR) is 61.4 cm³/mol. The van der Waals surface area contributed by atoms with Crippen LogP contribution in [0.4, 0.5) is 0 Å². The monoisotopic (exact) mass is 279 g/mol. The molecule has 0 bridgehead atoms. The number of aliphatic hydroxyl groups is 2. The van der Waals surface area contributed by atoms with Gasteiger partial charge < -0.3 is 10.2 Å². The number of aliphatic hydroxyl groups excluding tert-OH is 2. The lowest BCUT2D eigenvalue weighted by Crippen LogP contribution is -2.36. The van der Waals surface area contributed by atoms with Gasteiger partial charge in [-0.1, -0.05) is 0 Å². The molecule has 5 heteroatoms. The summed E-state index contributed by atoms with van der Waals surface area (Å²) in [6, 6.07) is 3.87. The number of halogens is 1. The van der Waals surface area contributed by atoms with E-state index < -0.39 is 0 Å². The van der Waals surface area contributed by atoms with Crippen LogP contribution in [0, 0.1) is 0 Å². The Morgan fingerprint density at radius 1 is 1.43 bits per heavy atom. The second kappa shape index (κ2) is 5.82. The van der Waals surface area contributed by atoms with E-state index in [1.165, 1.54) is 4.88 Å². The number of hydrogen-bond acceptors (Lipinski definition) is 4. The molecule has 0 spiro atoms. The van der Waals surface area contributed by atoms with Crippen molar-refractivity contribution in [2.24, 2.45) is 0 Å². The molecule has 0 amide bonds. The molecule has 1 aromatic rings. The molecule has 1 rings (SSSR count). The van der Waals surface area contributed by atoms with Gasteiger partial charge in [0.05, 0.1) is 23.0 Å². The number of rotatable bonds is 5. The van der Waals surface area contributed by atoms with Gasteiger partial charge in [0.2, 0.25) is 0 Å². The zero-order valence-corrected chi connectivity index (χ0v) is 10.4. The minimum atomic E-state index is -0.170. The molecule has 0 atom stereocenters. The lowest BCUT2D eigenvalue weighted by atomic mass is 10.3. The maximum absolute atomic E-state index is 8.97. The average Bonchev–Trinajstić information content (AvgIpc) is 2.53. The molecule has 1 heterocycles. The first-order valence-corrected chi connectivity index (χ1v) is 5.94. The van der Waals surface area contributed by atoms with Crippen molar-refractivity contribution in [3.63, 3.8) is 0 Å². The summed E-state index contributed by atoms with van der Waals surface area (Å²) in [5.74, 6) is 0. The van der Waals surface area contributed by atoms with Crippen molar-refractivity contribution in [3.8, 4) is 0 Å². The van der Waals surface area contributed by atoms with Gasteiger partial charge in [0.25, 0.3) is 0 Å². The summed E-state index contributed by atoms with van der Waals surface area (Å²) in [4.78, 5) is 3.16. The van der Waals surface area contributed by atoms with Gasteiger partial charge in [0.15, 0.2) is 0 Å². The van der Waals surface area contributed by atoms with Crippen LogP contribution in [0.5, 0.6) is 0 Å². The van der Waals surface area contributed by atoms with Crippen molar-refractivity contribution >= 4 is 27.3 Å². The third-order valence-electron chi connectivity index (χ3n) is 2.08. The van der Waals surface area contributed by atoms with Crippen LogP contribution in [0.2, 0.25) is 0 Å². The Kier molecular flexibility index (Phi) is 5.05. The second-order valence-corrected chi connectivity index (χ2v) is 5.69. The summed E-state index contributed by atoms with van der Waals surface area (Å²) in [6.45, 7) is 0.723. The third-order valence-corrected chi connectivity index (χ3v) is 3.69. The molecular weight excluding hydrogens is 266 g/mol. The van der Waals surface area contributed by atoms with Gasteiger partial charge in [-0.15, -0.1) is 11.3 Å². The van der Waals surface area contributed by atoms with E-state index in [1.54, 1.807) is 11.3 Å². The molecular formula is C9H14BrNO2S. The Morgan fingerprint density at radius 2 is 2.07 bits per heavy atom. The van der Waals surface area contributed by atoms with E-state index >= 15 is 0 Å². The Hall–Kier alpha value is 0.0600. The fourth-order valence-electron chi connectivity index (χ4n) is 1.15. The molecule has 1 aromatic heterocycles. The van der Waals surface area contributed by atoms with Gasteiger partial charge in [-0.25, -0.2) is 0 Å². The van der Waals surface area contributed by atoms with Crippen molar-refractivity contribution < 1.29 is 10.2 Å². The highest BCUT2D eigenvalue weighted by molar-refractivity contribution is 9.11. The zero-order chi connectivity index (χ0) is 10.6. The van der Waals surface area contributed by atoms with E-state index in [2.05, 4.69) is 15.9 Å². The summed E-state index contributed by atoms with van der Waals surface area (Å²) < 4.78 is 1.10. The van der Waals surface area contributed by atoms with Gasteiger partial charge in [0, 0.05) is 11.4 Å². The number of nitrogens with zero attached hydrogens (tertiary/aromatic N) is 1. The van der Waals surface area contributed by atoms with Crippen LogP contribution in [-0.4, -0.2) is 41.4 Å². The van der Waals surface area contributed by atoms with Gasteiger partial charge in [-0.05, 0) is 35.1 Å². The van der Waals surface area contributed by atoms with Gasteiger partial charge in [0.1, 0.15) is 0 Å². The molecule has 2 N–H and O–H groups in total. The second-order valence-electron chi connectivity index (χ2n) is 3.14. The highest BCUT2D eigenvalue weighted by Crippen LogP contribution is 2.23. The van der Waals surface area contributed by atoms with Gasteiger partial charge >= 0.3 is 0 Å². The first-order chi connectivity index (χ1) is 6.67. The molecule has 0 aliphatic carbocycles. The SMILES string of the molecule is CN(Cc1ccc(Br)s1)C(CO)CO. The number of thiophene rings is 1. The van der Waals surface area contributed by atoms with Crippen LogP contribution in [0.25, 0.3) is 0 Å². The van der Waals surface area contributed by atoms with Crippen LogP contribution in [0.15, 0.2) is 15.9 Å². The molecule has 0 radical (unpaired) electrons. The molecule has 0 aliphatic rings. The molecule has 0 unspecified atom stereocenters. The molecule has 3 nitrogen and oxygen atoms in total. The lowest BCUT2D eigenvalue weighted by molar-refractivity contribution is 0.0880. The topological polar surface area (TPSA) is 43.7 Å². The fourth-order valence-corrected chi connectivity index (χ4v) is 2.69. The Labute approximate surface area is 96.1 Å². The Bertz CT molecular complexity index is 276. The normalized spacial score (nSPS) is 11.6. The van der Waals surface area contributed by atoms with E-state index in [0.717, 1.165) is 10.3 Å². The fraction of sp³-hybridized carbons (Fsp3) is 0.556. The molecule has 14 heavy (non-hydrogen) atoms. The van der Waals surface area contributed by atoms with Gasteiger partial charge in [-0.2, -0.15) is 0 Å². The third kappa shape index (κ3) is 3.33. The molecule has 0 fully saturated rings. The Morgan fingerprint density at radius 3 is 2.50 bits per heavy atom. The molecule has 0 aromatic carbocycles. The van der Waals surface area contributed by atoms with Crippen molar-refractivity contribution in [2.45, 2.75) is 12.6 Å². The predicted octanol–water partition coefficient (Wildman–Crippen LogP) is 1.30. The van der Waals surface area contributed by atoms with Crippen LogP contribution in [0.3, 0.4) is 0 Å². The largest absolute Gasteiger partial charge is 0.395 e. The van der Waals surface area contributed by atoms with E-state index in [-0.39, 0.29) is 19.3 Å². The minimum Gasteiger partial charge on any atom is -0.395 e. The maximum atomic E-state index is 8.97. The summed E-state index contributed by atoms with van der Waals surface area (Å²) in [7, 11) is 1.89. The first-order valence-electron chi connectivity index (χ1n) is 4.33. The van der Waals surface area contributed by atoms with Crippen molar-refractivity contribution in [1.29, 1.82) is 0 Å². The summed E-state index contributed by atoms with van der Waals surface area (Å²) in [5, 5.41) is 17.9. The molecule has 0 saturated carbocycles. The summed E-state index contributed by atoms with van der Waals surface area (Å²) in [5.41, 5.74) is 0. The van der Waals surface area contributed by atoms with Crippen LogP contribution < -0.4 is 0 Å². The number of hydrogen-bond donors (Lipinski definition) is 2. The average molecular weight is 280 g/mol. The summed E-state index contributed by atoms with van der Waals surface area (Å²) in [6.07, 6.45) is 0. The van der Waals surface area contributed by atoms with Crippen LogP contribution >= 0.6 is 27.3 Å². The van der Waals surface area contributed by atoms with E-state index in [1.807, 2.05) is 24.1 Å². The summed E-state index contributed by atoms with van der Waals surface area (Å²) >= 11 is 5.06. The van der Waals surface area contributed by atoms with Crippen molar-refractivity contribution in [1.82, 2.24) is 4.90 Å². The van der Waals surface area contributed by atoms with Crippen molar-refractivity contribution in [2.75, 3.05) is 20.3 Å². The highest BCUT2D eigenvalue weighted by atomic mass is 79.9. The highest BCUT2D eigenvalue weighted by Gasteiger charge is 2.13. The van der Waals surface area contributed by atoms with Crippen molar-refractivity contribution in [3.05, 3.63) is 20.8 Å². The standard InChI is InChI=1S/C9H14BrNO2S/c1-11(7(5-12)6-13)4-8-2-3-9(10)14-8/h2-3,7,12-13H,4-6H2,1H3. The minimum absolute atomic E-state index is 0.0143. The van der Waals surface area contributed by atoms with E-state index in [9.17, 15) is 0 Å². The van der Waals surface area contributed by atoms with Gasteiger partial charge in [-0.3, -0.25) is 4.90 Å². The van der Waals surface area contributed by atoms with Crippen LogP contribution in [0.1, 0.15) is 4.88 Å². The smallest absolute Gasteiger partial charge is 0.0701 e. The van der Waals surface area contributed by atoms with E-state index in [0.29, 0.717) is 0 Å². The van der Waals surface area contributed by atoms with Crippen LogP contribution in [-0.2, 0) is 6.54 Å². The van der Waals surface area contributed by atoms with E-state index in [4.69, 9.17) is 10.2 Å². The molecule has 0 saturated heterocycles. The molecule has 80 valence electrons. The molecule has 0 aliphatic heterocycles.